The standard InChI is InChI=1S/C22H21N3O3S/c23-15-16-2-1-3-20(14-16)28-19-6-4-17(5-7-19)22-10-8-18(9-11-22)25-12-13-29(26,27)24-21(22)25/h1-7,14,18H,8-13H2. The second-order valence-electron chi connectivity index (χ2n) is 7.97. The average Bonchev–Trinajstić information content (AvgIpc) is 2.74. The summed E-state index contributed by atoms with van der Waals surface area (Å²) in [5.41, 5.74) is 1.31. The van der Waals surface area contributed by atoms with E-state index in [0.717, 1.165) is 37.1 Å². The number of nitrogens with zero attached hydrogens (tertiary/aromatic N) is 3. The van der Waals surface area contributed by atoms with E-state index in [4.69, 9.17) is 10.00 Å². The number of hydrogen-bond donors (Lipinski definition) is 0. The van der Waals surface area contributed by atoms with Gasteiger partial charge in [-0.3, -0.25) is 0 Å². The summed E-state index contributed by atoms with van der Waals surface area (Å²) in [6, 6.07) is 17.4. The number of rotatable bonds is 3. The zero-order chi connectivity index (χ0) is 20.1. The van der Waals surface area contributed by atoms with Crippen molar-refractivity contribution < 1.29 is 13.2 Å². The van der Waals surface area contributed by atoms with Crippen LogP contribution in [0.25, 0.3) is 0 Å². The van der Waals surface area contributed by atoms with Gasteiger partial charge in [0.25, 0.3) is 10.0 Å². The highest BCUT2D eigenvalue weighted by atomic mass is 32.2. The molecule has 3 fully saturated rings. The number of hydrogen-bond acceptors (Lipinski definition) is 5. The second-order valence-corrected chi connectivity index (χ2v) is 9.73. The zero-order valence-electron chi connectivity index (χ0n) is 15.9. The smallest absolute Gasteiger partial charge is 0.256 e. The van der Waals surface area contributed by atoms with E-state index in [1.807, 2.05) is 30.3 Å². The SMILES string of the molecule is N#Cc1cccc(Oc2ccc(C34CCC(CC3)N3CCS(=O)(=O)N=C34)cc2)c1. The minimum Gasteiger partial charge on any atom is -0.457 e. The Labute approximate surface area is 170 Å². The maximum absolute atomic E-state index is 12.2. The van der Waals surface area contributed by atoms with Crippen LogP contribution >= 0.6 is 0 Å². The lowest BCUT2D eigenvalue weighted by molar-refractivity contribution is 0.151. The molecule has 29 heavy (non-hydrogen) atoms. The maximum Gasteiger partial charge on any atom is 0.256 e. The summed E-state index contributed by atoms with van der Waals surface area (Å²) in [7, 11) is -3.38. The number of nitriles is 1. The van der Waals surface area contributed by atoms with Crippen molar-refractivity contribution in [3.8, 4) is 17.6 Å². The fraction of sp³-hybridized carbons (Fsp3) is 0.364. The molecule has 1 aliphatic carbocycles. The Bertz CT molecular complexity index is 1120. The van der Waals surface area contributed by atoms with Crippen LogP contribution in [0, 0.1) is 11.3 Å². The van der Waals surface area contributed by atoms with Gasteiger partial charge in [-0.15, -0.1) is 4.40 Å². The molecular weight excluding hydrogens is 386 g/mol. The van der Waals surface area contributed by atoms with Gasteiger partial charge in [-0.2, -0.15) is 5.26 Å². The van der Waals surface area contributed by atoms with Gasteiger partial charge in [-0.25, -0.2) is 8.42 Å². The summed E-state index contributed by atoms with van der Waals surface area (Å²) in [5.74, 6) is 2.14. The molecule has 1 saturated carbocycles. The molecule has 2 aromatic carbocycles. The highest BCUT2D eigenvalue weighted by Gasteiger charge is 2.52. The highest BCUT2D eigenvalue weighted by molar-refractivity contribution is 7.90. The third-order valence-corrected chi connectivity index (χ3v) is 7.52. The van der Waals surface area contributed by atoms with E-state index in [9.17, 15) is 8.42 Å². The van der Waals surface area contributed by atoms with Crippen LogP contribution in [0.15, 0.2) is 52.9 Å². The van der Waals surface area contributed by atoms with Gasteiger partial charge >= 0.3 is 0 Å². The van der Waals surface area contributed by atoms with Gasteiger partial charge in [-0.1, -0.05) is 18.2 Å². The Kier molecular flexibility index (Phi) is 4.14. The number of ether oxygens (including phenoxy) is 1. The molecule has 0 aromatic heterocycles. The van der Waals surface area contributed by atoms with Crippen molar-refractivity contribution in [3.05, 3.63) is 59.7 Å². The van der Waals surface area contributed by atoms with Gasteiger partial charge in [0.1, 0.15) is 17.3 Å². The Balaban J connectivity index is 1.47. The van der Waals surface area contributed by atoms with Crippen molar-refractivity contribution in [1.82, 2.24) is 4.90 Å². The van der Waals surface area contributed by atoms with Gasteiger partial charge in [0.2, 0.25) is 0 Å². The number of piperidine rings is 2. The lowest BCUT2D eigenvalue weighted by atomic mass is 9.63. The van der Waals surface area contributed by atoms with Crippen molar-refractivity contribution in [2.75, 3.05) is 12.3 Å². The summed E-state index contributed by atoms with van der Waals surface area (Å²) in [4.78, 5) is 2.23. The summed E-state index contributed by atoms with van der Waals surface area (Å²) in [6.07, 6.45) is 3.98. The largest absolute Gasteiger partial charge is 0.457 e. The molecule has 0 unspecified atom stereocenters. The molecule has 2 bridgehead atoms. The Morgan fingerprint density at radius 1 is 1.10 bits per heavy atom. The van der Waals surface area contributed by atoms with E-state index < -0.39 is 10.0 Å². The average molecular weight is 407 g/mol. The van der Waals surface area contributed by atoms with E-state index in [1.54, 1.807) is 18.2 Å². The van der Waals surface area contributed by atoms with Crippen molar-refractivity contribution in [3.63, 3.8) is 0 Å². The van der Waals surface area contributed by atoms with Crippen molar-refractivity contribution in [1.29, 1.82) is 5.26 Å². The molecule has 0 atom stereocenters. The molecular formula is C22H21N3O3S. The molecule has 2 saturated heterocycles. The van der Waals surface area contributed by atoms with Crippen LogP contribution in [0.2, 0.25) is 0 Å². The monoisotopic (exact) mass is 407 g/mol. The van der Waals surface area contributed by atoms with Crippen molar-refractivity contribution >= 4 is 15.9 Å². The Morgan fingerprint density at radius 3 is 2.59 bits per heavy atom. The second kappa shape index (κ2) is 6.60. The first-order chi connectivity index (χ1) is 14.0. The van der Waals surface area contributed by atoms with E-state index in [2.05, 4.69) is 15.4 Å². The van der Waals surface area contributed by atoms with Crippen LogP contribution in [0.5, 0.6) is 11.5 Å². The van der Waals surface area contributed by atoms with Crippen LogP contribution in [0.4, 0.5) is 0 Å². The van der Waals surface area contributed by atoms with E-state index >= 15 is 0 Å². The molecule has 0 amide bonds. The number of fused-ring (bicyclic) bond motifs is 2. The fourth-order valence-corrected chi connectivity index (χ4v) is 5.98. The molecule has 2 aromatic rings. The molecule has 6 nitrogen and oxygen atoms in total. The quantitative estimate of drug-likeness (QED) is 0.776. The number of sulfonamides is 1. The van der Waals surface area contributed by atoms with Crippen molar-refractivity contribution in [2.24, 2.45) is 4.40 Å². The van der Waals surface area contributed by atoms with Crippen molar-refractivity contribution in [2.45, 2.75) is 37.1 Å². The molecule has 4 aliphatic rings. The van der Waals surface area contributed by atoms with Gasteiger partial charge in [-0.05, 0) is 61.6 Å². The minimum absolute atomic E-state index is 0.109. The zero-order valence-corrected chi connectivity index (χ0v) is 16.7. The first kappa shape index (κ1) is 18.2. The molecule has 148 valence electrons. The lowest BCUT2D eigenvalue weighted by Crippen LogP contribution is -2.62. The first-order valence-electron chi connectivity index (χ1n) is 9.87. The third-order valence-electron chi connectivity index (χ3n) is 6.37. The van der Waals surface area contributed by atoms with Gasteiger partial charge in [0.15, 0.2) is 0 Å². The van der Waals surface area contributed by atoms with Crippen LogP contribution in [0.1, 0.15) is 36.8 Å². The van der Waals surface area contributed by atoms with Gasteiger partial charge < -0.3 is 9.64 Å². The summed E-state index contributed by atoms with van der Waals surface area (Å²) in [5, 5.41) is 9.04. The Hall–Kier alpha value is -2.85. The number of benzene rings is 2. The summed E-state index contributed by atoms with van der Waals surface area (Å²) >= 11 is 0. The van der Waals surface area contributed by atoms with Crippen LogP contribution in [-0.4, -0.2) is 37.5 Å². The first-order valence-corrected chi connectivity index (χ1v) is 11.5. The molecule has 0 N–H and O–H groups in total. The fourth-order valence-electron chi connectivity index (χ4n) is 4.92. The molecule has 0 radical (unpaired) electrons. The molecule has 6 rings (SSSR count). The van der Waals surface area contributed by atoms with E-state index in [1.165, 1.54) is 0 Å². The predicted octanol–water partition coefficient (Wildman–Crippen LogP) is 3.59. The molecule has 7 heteroatoms. The van der Waals surface area contributed by atoms with Crippen LogP contribution in [-0.2, 0) is 15.4 Å². The number of amidine groups is 1. The topological polar surface area (TPSA) is 82.8 Å². The molecule has 3 aliphatic heterocycles. The summed E-state index contributed by atoms with van der Waals surface area (Å²) < 4.78 is 34.5. The molecule has 3 heterocycles. The van der Waals surface area contributed by atoms with Crippen LogP contribution in [0.3, 0.4) is 0 Å². The van der Waals surface area contributed by atoms with Crippen LogP contribution < -0.4 is 4.74 Å². The maximum atomic E-state index is 12.2. The third kappa shape index (κ3) is 3.08. The Morgan fingerprint density at radius 2 is 1.86 bits per heavy atom. The normalized spacial score (nSPS) is 26.9. The predicted molar refractivity (Wildman–Crippen MR) is 110 cm³/mol. The lowest BCUT2D eigenvalue weighted by Gasteiger charge is -2.55. The highest BCUT2D eigenvalue weighted by Crippen LogP contribution is 2.49. The molecule has 0 spiro atoms. The van der Waals surface area contributed by atoms with E-state index in [0.29, 0.717) is 29.6 Å². The summed E-state index contributed by atoms with van der Waals surface area (Å²) in [6.45, 7) is 0.546. The minimum atomic E-state index is -3.38. The van der Waals surface area contributed by atoms with Gasteiger partial charge in [0.05, 0.1) is 22.8 Å². The van der Waals surface area contributed by atoms with Gasteiger partial charge in [0, 0.05) is 12.6 Å². The van der Waals surface area contributed by atoms with E-state index in [-0.39, 0.29) is 11.2 Å².